The molecule has 7 heteroatoms. The van der Waals surface area contributed by atoms with Crippen LogP contribution in [0.5, 0.6) is 0 Å². The van der Waals surface area contributed by atoms with Crippen LogP contribution in [0.25, 0.3) is 0 Å². The summed E-state index contributed by atoms with van der Waals surface area (Å²) in [5, 5.41) is 20.1. The highest BCUT2D eigenvalue weighted by atomic mass is 16.3. The van der Waals surface area contributed by atoms with E-state index in [1.807, 2.05) is 37.3 Å². The molecule has 1 aromatic carbocycles. The summed E-state index contributed by atoms with van der Waals surface area (Å²) in [6.45, 7) is 6.09. The van der Waals surface area contributed by atoms with Gasteiger partial charge in [-0.3, -0.25) is 5.01 Å². The first-order valence-electron chi connectivity index (χ1n) is 7.92. The predicted octanol–water partition coefficient (Wildman–Crippen LogP) is 3.65. The van der Waals surface area contributed by atoms with Crippen molar-refractivity contribution in [2.24, 2.45) is 20.2 Å². The van der Waals surface area contributed by atoms with Crippen LogP contribution in [-0.2, 0) is 0 Å². The molecular weight excluding hydrogens is 316 g/mol. The number of allylic oxidation sites excluding steroid dienone is 1. The molecule has 2 aliphatic rings. The molecule has 0 radical (unpaired) electrons. The van der Waals surface area contributed by atoms with E-state index in [1.165, 1.54) is 0 Å². The van der Waals surface area contributed by atoms with Crippen molar-refractivity contribution in [1.82, 2.24) is 10.4 Å². The summed E-state index contributed by atoms with van der Waals surface area (Å²) in [6, 6.07) is 9.49. The van der Waals surface area contributed by atoms with Crippen molar-refractivity contribution in [2.45, 2.75) is 19.0 Å². The zero-order chi connectivity index (χ0) is 17.7. The minimum atomic E-state index is -0.815. The standard InChI is InChI=1S/C18H20N6O/c1-14(2)17-19-12-24(13-20-17)23-18(10-8-16(25)9-11-18)22-21-15-6-4-3-5-7-15/h3-10,12,23,25H,1,11,13H2,2H3. The van der Waals surface area contributed by atoms with Crippen LogP contribution in [0.2, 0.25) is 0 Å². The quantitative estimate of drug-likeness (QED) is 0.805. The smallest absolute Gasteiger partial charge is 0.171 e. The third kappa shape index (κ3) is 4.27. The third-order valence-electron chi connectivity index (χ3n) is 3.66. The van der Waals surface area contributed by atoms with E-state index in [-0.39, 0.29) is 5.76 Å². The SMILES string of the molecule is C=C(C)C1=NCN(NC2(N=Nc3ccccc3)C=CC(O)=CC2)C=N1. The van der Waals surface area contributed by atoms with E-state index in [2.05, 4.69) is 32.2 Å². The number of aliphatic hydroxyl groups excluding tert-OH is 1. The number of aliphatic imine (C=N–C) groups is 2. The van der Waals surface area contributed by atoms with E-state index < -0.39 is 5.66 Å². The largest absolute Gasteiger partial charge is 0.508 e. The van der Waals surface area contributed by atoms with Gasteiger partial charge >= 0.3 is 0 Å². The molecule has 3 rings (SSSR count). The third-order valence-corrected chi connectivity index (χ3v) is 3.66. The van der Waals surface area contributed by atoms with Gasteiger partial charge in [0.1, 0.15) is 18.8 Å². The van der Waals surface area contributed by atoms with E-state index in [4.69, 9.17) is 0 Å². The summed E-state index contributed by atoms with van der Waals surface area (Å²) in [5.41, 5.74) is 4.03. The molecule has 0 bridgehead atoms. The Kier molecular flexibility index (Phi) is 4.85. The lowest BCUT2D eigenvalue weighted by molar-refractivity contribution is 0.215. The fourth-order valence-electron chi connectivity index (χ4n) is 2.34. The number of benzene rings is 1. The lowest BCUT2D eigenvalue weighted by atomic mass is 10.0. The Morgan fingerprint density at radius 3 is 2.76 bits per heavy atom. The van der Waals surface area contributed by atoms with Crippen molar-refractivity contribution in [3.05, 3.63) is 66.5 Å². The van der Waals surface area contributed by atoms with Crippen LogP contribution in [0.1, 0.15) is 13.3 Å². The van der Waals surface area contributed by atoms with Crippen molar-refractivity contribution in [2.75, 3.05) is 6.67 Å². The van der Waals surface area contributed by atoms with Crippen LogP contribution in [0.4, 0.5) is 5.69 Å². The average molecular weight is 336 g/mol. The van der Waals surface area contributed by atoms with Crippen LogP contribution in [0.15, 0.2) is 86.7 Å². The molecule has 0 fully saturated rings. The number of aliphatic hydroxyl groups is 1. The predicted molar refractivity (Wildman–Crippen MR) is 98.7 cm³/mol. The number of hydrogen-bond acceptors (Lipinski definition) is 7. The molecule has 128 valence electrons. The molecule has 2 N–H and O–H groups in total. The number of hydrogen-bond donors (Lipinski definition) is 2. The van der Waals surface area contributed by atoms with Gasteiger partial charge in [-0.2, -0.15) is 15.7 Å². The topological polar surface area (TPSA) is 84.9 Å². The second kappa shape index (κ2) is 7.23. The van der Waals surface area contributed by atoms with Crippen LogP contribution in [0.3, 0.4) is 0 Å². The number of azo groups is 1. The Bertz CT molecular complexity index is 793. The molecule has 25 heavy (non-hydrogen) atoms. The molecule has 7 nitrogen and oxygen atoms in total. The summed E-state index contributed by atoms with van der Waals surface area (Å²) in [7, 11) is 0. The van der Waals surface area contributed by atoms with Crippen molar-refractivity contribution in [3.8, 4) is 0 Å². The van der Waals surface area contributed by atoms with Crippen molar-refractivity contribution >= 4 is 17.9 Å². The Labute approximate surface area is 146 Å². The van der Waals surface area contributed by atoms with Gasteiger partial charge in [0.25, 0.3) is 0 Å². The molecular formula is C18H20N6O. The lowest BCUT2D eigenvalue weighted by Crippen LogP contribution is -2.52. The molecule has 1 atom stereocenters. The van der Waals surface area contributed by atoms with Gasteiger partial charge in [0.05, 0.1) is 5.69 Å². The fourth-order valence-corrected chi connectivity index (χ4v) is 2.34. The van der Waals surface area contributed by atoms with E-state index >= 15 is 0 Å². The Hall–Kier alpha value is -3.06. The van der Waals surface area contributed by atoms with Crippen LogP contribution >= 0.6 is 0 Å². The Balaban J connectivity index is 1.77. The molecule has 0 saturated carbocycles. The molecule has 1 heterocycles. The van der Waals surface area contributed by atoms with E-state index in [9.17, 15) is 5.11 Å². The molecule has 1 aliphatic heterocycles. The average Bonchev–Trinajstić information content (AvgIpc) is 2.64. The van der Waals surface area contributed by atoms with Gasteiger partial charge in [-0.25, -0.2) is 9.98 Å². The number of hydrazine groups is 1. The van der Waals surface area contributed by atoms with Gasteiger partial charge in [0.2, 0.25) is 0 Å². The van der Waals surface area contributed by atoms with Gasteiger partial charge in [0.15, 0.2) is 11.5 Å². The number of amidine groups is 1. The normalized spacial score (nSPS) is 22.8. The van der Waals surface area contributed by atoms with Crippen molar-refractivity contribution < 1.29 is 5.11 Å². The first kappa shape index (κ1) is 16.8. The van der Waals surface area contributed by atoms with E-state index in [0.717, 1.165) is 11.3 Å². The minimum absolute atomic E-state index is 0.210. The summed E-state index contributed by atoms with van der Waals surface area (Å²) in [6.07, 6.45) is 7.18. The van der Waals surface area contributed by atoms with Crippen LogP contribution < -0.4 is 5.43 Å². The summed E-state index contributed by atoms with van der Waals surface area (Å²) >= 11 is 0. The number of rotatable bonds is 5. The van der Waals surface area contributed by atoms with E-state index in [1.54, 1.807) is 29.6 Å². The maximum Gasteiger partial charge on any atom is 0.171 e. The van der Waals surface area contributed by atoms with Gasteiger partial charge < -0.3 is 5.11 Å². The maximum absolute atomic E-state index is 9.63. The Morgan fingerprint density at radius 2 is 2.16 bits per heavy atom. The molecule has 0 amide bonds. The molecule has 1 aromatic rings. The highest BCUT2D eigenvalue weighted by molar-refractivity contribution is 6.02. The Morgan fingerprint density at radius 1 is 1.36 bits per heavy atom. The maximum atomic E-state index is 9.63. The highest BCUT2D eigenvalue weighted by Crippen LogP contribution is 2.25. The fraction of sp³-hybridized carbons (Fsp3) is 0.222. The highest BCUT2D eigenvalue weighted by Gasteiger charge is 2.30. The second-order valence-corrected chi connectivity index (χ2v) is 5.86. The molecule has 1 aliphatic carbocycles. The molecule has 0 spiro atoms. The molecule has 0 aromatic heterocycles. The van der Waals surface area contributed by atoms with Crippen molar-refractivity contribution in [3.63, 3.8) is 0 Å². The summed E-state index contributed by atoms with van der Waals surface area (Å²) < 4.78 is 0. The number of nitrogens with one attached hydrogen (secondary N) is 1. The lowest BCUT2D eigenvalue weighted by Gasteiger charge is -2.33. The summed E-state index contributed by atoms with van der Waals surface area (Å²) in [5.74, 6) is 0.844. The summed E-state index contributed by atoms with van der Waals surface area (Å²) in [4.78, 5) is 8.63. The van der Waals surface area contributed by atoms with Gasteiger partial charge in [-0.05, 0) is 42.9 Å². The minimum Gasteiger partial charge on any atom is -0.508 e. The zero-order valence-corrected chi connectivity index (χ0v) is 14.0. The monoisotopic (exact) mass is 336 g/mol. The first-order chi connectivity index (χ1) is 12.1. The molecule has 0 saturated heterocycles. The first-order valence-corrected chi connectivity index (χ1v) is 7.92. The van der Waals surface area contributed by atoms with Crippen molar-refractivity contribution in [1.29, 1.82) is 0 Å². The van der Waals surface area contributed by atoms with E-state index in [0.29, 0.717) is 18.9 Å². The zero-order valence-electron chi connectivity index (χ0n) is 14.0. The van der Waals surface area contributed by atoms with Crippen LogP contribution in [-0.4, -0.2) is 34.6 Å². The van der Waals surface area contributed by atoms with Gasteiger partial charge in [-0.1, -0.05) is 24.8 Å². The second-order valence-electron chi connectivity index (χ2n) is 5.86. The van der Waals surface area contributed by atoms with Crippen LogP contribution in [0, 0.1) is 0 Å². The van der Waals surface area contributed by atoms with Gasteiger partial charge in [0, 0.05) is 6.42 Å². The van der Waals surface area contributed by atoms with Gasteiger partial charge in [-0.15, -0.1) is 0 Å². The molecule has 1 unspecified atom stereocenters. The number of nitrogens with zero attached hydrogens (tertiary/aromatic N) is 5.